The number of hydrogen-bond acceptors (Lipinski definition) is 3. The van der Waals surface area contributed by atoms with Crippen molar-refractivity contribution in [2.24, 2.45) is 0 Å². The Balaban J connectivity index is 1.79. The molecule has 0 aromatic heterocycles. The van der Waals surface area contributed by atoms with E-state index in [0.29, 0.717) is 13.0 Å². The molecule has 0 saturated carbocycles. The van der Waals surface area contributed by atoms with E-state index in [9.17, 15) is 9.59 Å². The third kappa shape index (κ3) is 1.97. The monoisotopic (exact) mass is 198 g/mol. The molecule has 0 aromatic carbocycles. The smallest absolute Gasteiger partial charge is 0.410 e. The second kappa shape index (κ2) is 3.86. The molecule has 0 bridgehead atoms. The Hall–Kier alpha value is -1.26. The first-order valence-electron chi connectivity index (χ1n) is 4.98. The van der Waals surface area contributed by atoms with E-state index in [0.717, 1.165) is 25.9 Å². The topological polar surface area (TPSA) is 58.6 Å². The lowest BCUT2D eigenvalue weighted by Crippen LogP contribution is -2.32. The second-order valence-electron chi connectivity index (χ2n) is 3.71. The molecule has 78 valence electrons. The van der Waals surface area contributed by atoms with Gasteiger partial charge in [0.15, 0.2) is 0 Å². The molecule has 0 aliphatic carbocycles. The SMILES string of the molecule is O=C1C[C@@H](OC(=O)N2CCCC2)CN1. The number of ether oxygens (including phenoxy) is 1. The number of hydrogen-bond donors (Lipinski definition) is 1. The summed E-state index contributed by atoms with van der Waals surface area (Å²) in [5, 5.41) is 2.63. The van der Waals surface area contributed by atoms with Crippen molar-refractivity contribution >= 4 is 12.0 Å². The first-order valence-corrected chi connectivity index (χ1v) is 4.98. The summed E-state index contributed by atoms with van der Waals surface area (Å²) in [6, 6.07) is 0. The van der Waals surface area contributed by atoms with Crippen LogP contribution in [-0.2, 0) is 9.53 Å². The van der Waals surface area contributed by atoms with Crippen LogP contribution in [0.1, 0.15) is 19.3 Å². The van der Waals surface area contributed by atoms with Gasteiger partial charge in [0, 0.05) is 13.1 Å². The van der Waals surface area contributed by atoms with Crippen LogP contribution in [0, 0.1) is 0 Å². The van der Waals surface area contributed by atoms with Crippen LogP contribution in [0.25, 0.3) is 0 Å². The molecule has 5 heteroatoms. The van der Waals surface area contributed by atoms with Crippen molar-refractivity contribution in [3.05, 3.63) is 0 Å². The van der Waals surface area contributed by atoms with Crippen LogP contribution in [0.2, 0.25) is 0 Å². The van der Waals surface area contributed by atoms with Crippen molar-refractivity contribution in [3.63, 3.8) is 0 Å². The van der Waals surface area contributed by atoms with Gasteiger partial charge in [-0.3, -0.25) is 4.79 Å². The lowest BCUT2D eigenvalue weighted by molar-refractivity contribution is -0.119. The highest BCUT2D eigenvalue weighted by Gasteiger charge is 2.27. The Labute approximate surface area is 82.4 Å². The zero-order valence-corrected chi connectivity index (χ0v) is 7.99. The summed E-state index contributed by atoms with van der Waals surface area (Å²) >= 11 is 0. The van der Waals surface area contributed by atoms with E-state index >= 15 is 0 Å². The average molecular weight is 198 g/mol. The summed E-state index contributed by atoms with van der Waals surface area (Å²) in [5.74, 6) is -0.0378. The minimum Gasteiger partial charge on any atom is -0.444 e. The number of nitrogens with zero attached hydrogens (tertiary/aromatic N) is 1. The molecule has 14 heavy (non-hydrogen) atoms. The maximum atomic E-state index is 11.5. The Morgan fingerprint density at radius 2 is 2.14 bits per heavy atom. The third-order valence-electron chi connectivity index (χ3n) is 2.57. The molecular weight excluding hydrogens is 184 g/mol. The van der Waals surface area contributed by atoms with Crippen LogP contribution >= 0.6 is 0 Å². The van der Waals surface area contributed by atoms with Crippen molar-refractivity contribution in [1.82, 2.24) is 10.2 Å². The molecule has 5 nitrogen and oxygen atoms in total. The maximum absolute atomic E-state index is 11.5. The highest BCUT2D eigenvalue weighted by atomic mass is 16.6. The minimum absolute atomic E-state index is 0.0378. The number of likely N-dealkylation sites (tertiary alicyclic amines) is 1. The van der Waals surface area contributed by atoms with Gasteiger partial charge in [-0.2, -0.15) is 0 Å². The predicted molar refractivity (Wildman–Crippen MR) is 48.7 cm³/mol. The Bertz CT molecular complexity index is 248. The van der Waals surface area contributed by atoms with E-state index in [2.05, 4.69) is 5.32 Å². The molecule has 1 atom stereocenters. The number of rotatable bonds is 1. The summed E-state index contributed by atoms with van der Waals surface area (Å²) < 4.78 is 5.17. The van der Waals surface area contributed by atoms with Crippen LogP contribution in [0.4, 0.5) is 4.79 Å². The summed E-state index contributed by atoms with van der Waals surface area (Å²) in [6.45, 7) is 2.03. The Morgan fingerprint density at radius 1 is 1.43 bits per heavy atom. The van der Waals surface area contributed by atoms with Gasteiger partial charge in [-0.05, 0) is 12.8 Å². The number of nitrogens with one attached hydrogen (secondary N) is 1. The number of amides is 2. The summed E-state index contributed by atoms with van der Waals surface area (Å²) in [5.41, 5.74) is 0. The number of carbonyl (C=O) groups is 2. The van der Waals surface area contributed by atoms with Gasteiger partial charge in [0.1, 0.15) is 6.10 Å². The van der Waals surface area contributed by atoms with Gasteiger partial charge in [0.2, 0.25) is 5.91 Å². The average Bonchev–Trinajstić information content (AvgIpc) is 2.75. The van der Waals surface area contributed by atoms with Crippen molar-refractivity contribution in [3.8, 4) is 0 Å². The fourth-order valence-corrected chi connectivity index (χ4v) is 1.78. The molecule has 2 aliphatic rings. The molecule has 2 fully saturated rings. The van der Waals surface area contributed by atoms with Gasteiger partial charge in [-0.25, -0.2) is 4.79 Å². The van der Waals surface area contributed by atoms with Gasteiger partial charge < -0.3 is 15.0 Å². The highest BCUT2D eigenvalue weighted by Crippen LogP contribution is 2.12. The lowest BCUT2D eigenvalue weighted by Gasteiger charge is -2.17. The molecule has 2 rings (SSSR count). The van der Waals surface area contributed by atoms with E-state index in [4.69, 9.17) is 4.74 Å². The van der Waals surface area contributed by atoms with Crippen molar-refractivity contribution in [2.45, 2.75) is 25.4 Å². The second-order valence-corrected chi connectivity index (χ2v) is 3.71. The fraction of sp³-hybridized carbons (Fsp3) is 0.778. The zero-order valence-electron chi connectivity index (χ0n) is 7.99. The van der Waals surface area contributed by atoms with Crippen LogP contribution in [-0.4, -0.2) is 42.6 Å². The maximum Gasteiger partial charge on any atom is 0.410 e. The standard InChI is InChI=1S/C9H14N2O3/c12-8-5-7(6-10-8)14-9(13)11-3-1-2-4-11/h7H,1-6H2,(H,10,12)/t7-/m1/s1. The van der Waals surface area contributed by atoms with Crippen LogP contribution in [0.15, 0.2) is 0 Å². The molecule has 2 amide bonds. The summed E-state index contributed by atoms with van der Waals surface area (Å²) in [6.07, 6.45) is 1.87. The molecule has 2 heterocycles. The highest BCUT2D eigenvalue weighted by molar-refractivity contribution is 5.79. The van der Waals surface area contributed by atoms with E-state index in [1.165, 1.54) is 0 Å². The van der Waals surface area contributed by atoms with E-state index in [1.54, 1.807) is 4.90 Å². The van der Waals surface area contributed by atoms with E-state index in [-0.39, 0.29) is 18.1 Å². The van der Waals surface area contributed by atoms with Crippen LogP contribution in [0.3, 0.4) is 0 Å². The predicted octanol–water partition coefficient (Wildman–Crippen LogP) is 0.107. The van der Waals surface area contributed by atoms with E-state index < -0.39 is 0 Å². The van der Waals surface area contributed by atoms with Crippen molar-refractivity contribution < 1.29 is 14.3 Å². The molecule has 0 unspecified atom stereocenters. The van der Waals surface area contributed by atoms with E-state index in [1.807, 2.05) is 0 Å². The van der Waals surface area contributed by atoms with Gasteiger partial charge in [0.05, 0.1) is 13.0 Å². The lowest BCUT2D eigenvalue weighted by atomic mass is 10.3. The fourth-order valence-electron chi connectivity index (χ4n) is 1.78. The molecule has 2 aliphatic heterocycles. The van der Waals surface area contributed by atoms with Gasteiger partial charge >= 0.3 is 6.09 Å². The first-order chi connectivity index (χ1) is 6.75. The van der Waals surface area contributed by atoms with Crippen LogP contribution in [0.5, 0.6) is 0 Å². The Morgan fingerprint density at radius 3 is 2.71 bits per heavy atom. The normalized spacial score (nSPS) is 26.4. The third-order valence-corrected chi connectivity index (χ3v) is 2.57. The van der Waals surface area contributed by atoms with Crippen molar-refractivity contribution in [1.29, 1.82) is 0 Å². The number of carbonyl (C=O) groups excluding carboxylic acids is 2. The molecule has 0 radical (unpaired) electrons. The van der Waals surface area contributed by atoms with Gasteiger partial charge in [-0.15, -0.1) is 0 Å². The quantitative estimate of drug-likeness (QED) is 0.650. The Kier molecular flexibility index (Phi) is 2.56. The molecule has 0 spiro atoms. The summed E-state index contributed by atoms with van der Waals surface area (Å²) in [7, 11) is 0. The molecule has 0 aromatic rings. The largest absolute Gasteiger partial charge is 0.444 e. The van der Waals surface area contributed by atoms with Crippen LogP contribution < -0.4 is 5.32 Å². The van der Waals surface area contributed by atoms with Gasteiger partial charge in [-0.1, -0.05) is 0 Å². The molecule has 2 saturated heterocycles. The zero-order chi connectivity index (χ0) is 9.97. The molecular formula is C9H14N2O3. The molecule has 1 N–H and O–H groups in total. The first kappa shape index (κ1) is 9.30. The van der Waals surface area contributed by atoms with Gasteiger partial charge in [0.25, 0.3) is 0 Å². The van der Waals surface area contributed by atoms with Crippen molar-refractivity contribution in [2.75, 3.05) is 19.6 Å². The minimum atomic E-state index is -0.274. The summed E-state index contributed by atoms with van der Waals surface area (Å²) in [4.78, 5) is 24.0.